The van der Waals surface area contributed by atoms with E-state index in [1.807, 2.05) is 48.5 Å². The molecule has 2 rings (SSSR count). The Hall–Kier alpha value is -2.37. The number of amides is 2. The van der Waals surface area contributed by atoms with Crippen LogP contribution in [0, 0.1) is 5.92 Å². The van der Waals surface area contributed by atoms with Crippen molar-refractivity contribution in [2.24, 2.45) is 11.7 Å². The normalized spacial score (nSPS) is 13.7. The minimum Gasteiger partial charge on any atom is -0.344 e. The van der Waals surface area contributed by atoms with Crippen molar-refractivity contribution in [3.8, 4) is 0 Å². The summed E-state index contributed by atoms with van der Waals surface area (Å²) in [5.41, 5.74) is 7.74. The highest BCUT2D eigenvalue weighted by atomic mass is 35.5. The molecule has 3 atom stereocenters. The van der Waals surface area contributed by atoms with E-state index in [4.69, 9.17) is 5.73 Å². The van der Waals surface area contributed by atoms with E-state index < -0.39 is 18.0 Å². The van der Waals surface area contributed by atoms with Gasteiger partial charge in [0.1, 0.15) is 6.04 Å². The van der Waals surface area contributed by atoms with Crippen LogP contribution in [0.15, 0.2) is 60.7 Å². The van der Waals surface area contributed by atoms with Gasteiger partial charge in [-0.2, -0.15) is 0 Å². The van der Waals surface area contributed by atoms with Crippen molar-refractivity contribution in [2.75, 3.05) is 5.32 Å². The standard InChI is InChI=1S/C19H23N3O2.ClH/c1-13(17(20)15-9-5-3-6-10-15)18(23)21-14(2)19(24)22-16-11-7-4-8-12-16;/h3-14,17H,20H2,1-2H3,(H,21,23)(H,22,24);1H. The summed E-state index contributed by atoms with van der Waals surface area (Å²) in [6.07, 6.45) is 0. The van der Waals surface area contributed by atoms with Gasteiger partial charge in [-0.3, -0.25) is 9.59 Å². The lowest BCUT2D eigenvalue weighted by Gasteiger charge is -2.22. The van der Waals surface area contributed by atoms with Gasteiger partial charge in [-0.15, -0.1) is 12.4 Å². The topological polar surface area (TPSA) is 84.2 Å². The Bertz CT molecular complexity index is 680. The fourth-order valence-electron chi connectivity index (χ4n) is 2.31. The van der Waals surface area contributed by atoms with Gasteiger partial charge < -0.3 is 16.4 Å². The molecule has 0 aromatic heterocycles. The van der Waals surface area contributed by atoms with Crippen LogP contribution in [-0.2, 0) is 9.59 Å². The van der Waals surface area contributed by atoms with Crippen molar-refractivity contribution in [1.82, 2.24) is 5.32 Å². The summed E-state index contributed by atoms with van der Waals surface area (Å²) in [5, 5.41) is 5.48. The zero-order valence-corrected chi connectivity index (χ0v) is 15.1. The first-order valence-electron chi connectivity index (χ1n) is 7.96. The zero-order valence-electron chi connectivity index (χ0n) is 14.3. The van der Waals surface area contributed by atoms with E-state index in [0.29, 0.717) is 5.69 Å². The molecule has 0 saturated carbocycles. The van der Waals surface area contributed by atoms with Crippen LogP contribution in [0.3, 0.4) is 0 Å². The summed E-state index contributed by atoms with van der Waals surface area (Å²) in [7, 11) is 0. The second kappa shape index (κ2) is 9.81. The molecule has 2 aromatic carbocycles. The van der Waals surface area contributed by atoms with Crippen LogP contribution in [0.1, 0.15) is 25.5 Å². The van der Waals surface area contributed by atoms with Crippen molar-refractivity contribution in [3.05, 3.63) is 66.2 Å². The van der Waals surface area contributed by atoms with E-state index in [0.717, 1.165) is 5.56 Å². The van der Waals surface area contributed by atoms with Crippen LogP contribution in [0.4, 0.5) is 5.69 Å². The number of anilines is 1. The lowest BCUT2D eigenvalue weighted by molar-refractivity contribution is -0.129. The van der Waals surface area contributed by atoms with Crippen LogP contribution < -0.4 is 16.4 Å². The Morgan fingerprint density at radius 2 is 1.40 bits per heavy atom. The zero-order chi connectivity index (χ0) is 17.5. The summed E-state index contributed by atoms with van der Waals surface area (Å²) in [4.78, 5) is 24.5. The molecule has 0 radical (unpaired) electrons. The fourth-order valence-corrected chi connectivity index (χ4v) is 2.31. The lowest BCUT2D eigenvalue weighted by atomic mass is 9.94. The first-order chi connectivity index (χ1) is 11.5. The van der Waals surface area contributed by atoms with E-state index in [1.54, 1.807) is 26.0 Å². The summed E-state index contributed by atoms with van der Waals surface area (Å²) < 4.78 is 0. The Balaban J connectivity index is 0.00000312. The Kier molecular flexibility index (Phi) is 8.11. The Morgan fingerprint density at radius 3 is 1.96 bits per heavy atom. The molecule has 0 saturated heterocycles. The molecule has 0 heterocycles. The van der Waals surface area contributed by atoms with Crippen LogP contribution in [0.25, 0.3) is 0 Å². The third-order valence-electron chi connectivity index (χ3n) is 3.93. The van der Waals surface area contributed by atoms with Gasteiger partial charge in [0.2, 0.25) is 11.8 Å². The highest BCUT2D eigenvalue weighted by molar-refractivity contribution is 5.97. The average Bonchev–Trinajstić information content (AvgIpc) is 2.61. The van der Waals surface area contributed by atoms with E-state index in [2.05, 4.69) is 10.6 Å². The number of carbonyl (C=O) groups is 2. The molecule has 4 N–H and O–H groups in total. The van der Waals surface area contributed by atoms with Gasteiger partial charge in [0.25, 0.3) is 0 Å². The minimum absolute atomic E-state index is 0. The SMILES string of the molecule is CC(NC(=O)C(C)C(N)c1ccccc1)C(=O)Nc1ccccc1.Cl. The quantitative estimate of drug-likeness (QED) is 0.739. The minimum atomic E-state index is -0.650. The molecule has 2 aromatic rings. The maximum absolute atomic E-state index is 12.4. The summed E-state index contributed by atoms with van der Waals surface area (Å²) in [6.45, 7) is 3.41. The molecule has 0 aliphatic rings. The number of carbonyl (C=O) groups excluding carboxylic acids is 2. The maximum atomic E-state index is 12.4. The maximum Gasteiger partial charge on any atom is 0.246 e. The van der Waals surface area contributed by atoms with Gasteiger partial charge in [-0.25, -0.2) is 0 Å². The molecule has 25 heavy (non-hydrogen) atoms. The van der Waals surface area contributed by atoms with Crippen LogP contribution in [-0.4, -0.2) is 17.9 Å². The Labute approximate surface area is 154 Å². The third kappa shape index (κ3) is 5.89. The van der Waals surface area contributed by atoms with Gasteiger partial charge in [0, 0.05) is 11.7 Å². The predicted molar refractivity (Wildman–Crippen MR) is 102 cm³/mol. The Morgan fingerprint density at radius 1 is 0.880 bits per heavy atom. The average molecular weight is 362 g/mol. The number of rotatable bonds is 6. The van der Waals surface area contributed by atoms with Crippen molar-refractivity contribution in [2.45, 2.75) is 25.9 Å². The number of hydrogen-bond donors (Lipinski definition) is 3. The molecule has 0 spiro atoms. The molecular weight excluding hydrogens is 338 g/mol. The molecular formula is C19H24ClN3O2. The predicted octanol–water partition coefficient (Wildman–Crippen LogP) is 2.89. The second-order valence-electron chi connectivity index (χ2n) is 5.81. The monoisotopic (exact) mass is 361 g/mol. The molecule has 2 amide bonds. The summed E-state index contributed by atoms with van der Waals surface area (Å²) in [6, 6.07) is 17.5. The molecule has 6 heteroatoms. The van der Waals surface area contributed by atoms with E-state index in [1.165, 1.54) is 0 Å². The highest BCUT2D eigenvalue weighted by Gasteiger charge is 2.25. The molecule has 0 aliphatic carbocycles. The van der Waals surface area contributed by atoms with Crippen LogP contribution in [0.2, 0.25) is 0 Å². The molecule has 0 fully saturated rings. The van der Waals surface area contributed by atoms with Gasteiger partial charge in [-0.05, 0) is 24.6 Å². The molecule has 5 nitrogen and oxygen atoms in total. The third-order valence-corrected chi connectivity index (χ3v) is 3.93. The van der Waals surface area contributed by atoms with Crippen LogP contribution >= 0.6 is 12.4 Å². The van der Waals surface area contributed by atoms with Gasteiger partial charge in [0.05, 0.1) is 5.92 Å². The first kappa shape index (κ1) is 20.7. The number of hydrogen-bond acceptors (Lipinski definition) is 3. The van der Waals surface area contributed by atoms with Crippen molar-refractivity contribution in [1.29, 1.82) is 0 Å². The molecule has 134 valence electrons. The van der Waals surface area contributed by atoms with Crippen molar-refractivity contribution < 1.29 is 9.59 Å². The van der Waals surface area contributed by atoms with Gasteiger partial charge in [0.15, 0.2) is 0 Å². The van der Waals surface area contributed by atoms with Gasteiger partial charge >= 0.3 is 0 Å². The van der Waals surface area contributed by atoms with Crippen molar-refractivity contribution >= 4 is 29.9 Å². The number of para-hydroxylation sites is 1. The lowest BCUT2D eigenvalue weighted by Crippen LogP contribution is -2.45. The summed E-state index contributed by atoms with van der Waals surface area (Å²) in [5.74, 6) is -0.962. The van der Waals surface area contributed by atoms with E-state index in [-0.39, 0.29) is 24.2 Å². The first-order valence-corrected chi connectivity index (χ1v) is 7.96. The van der Waals surface area contributed by atoms with Gasteiger partial charge in [-0.1, -0.05) is 55.5 Å². The smallest absolute Gasteiger partial charge is 0.246 e. The molecule has 3 unspecified atom stereocenters. The number of nitrogens with one attached hydrogen (secondary N) is 2. The van der Waals surface area contributed by atoms with E-state index in [9.17, 15) is 9.59 Å². The van der Waals surface area contributed by atoms with Crippen molar-refractivity contribution in [3.63, 3.8) is 0 Å². The number of benzene rings is 2. The fraction of sp³-hybridized carbons (Fsp3) is 0.263. The number of nitrogens with two attached hydrogens (primary N) is 1. The highest BCUT2D eigenvalue weighted by Crippen LogP contribution is 2.19. The molecule has 0 bridgehead atoms. The molecule has 0 aliphatic heterocycles. The van der Waals surface area contributed by atoms with Crippen LogP contribution in [0.5, 0.6) is 0 Å². The summed E-state index contributed by atoms with van der Waals surface area (Å²) >= 11 is 0. The second-order valence-corrected chi connectivity index (χ2v) is 5.81. The van der Waals surface area contributed by atoms with E-state index >= 15 is 0 Å². The number of halogens is 1. The largest absolute Gasteiger partial charge is 0.344 e.